The molecule has 1 aliphatic rings. The number of hydrogen-bond acceptors (Lipinski definition) is 4. The molecular formula is C25H50N2O3. The van der Waals surface area contributed by atoms with E-state index in [9.17, 15) is 4.79 Å². The van der Waals surface area contributed by atoms with Gasteiger partial charge in [-0.2, -0.15) is 0 Å². The zero-order valence-corrected chi connectivity index (χ0v) is 20.9. The average molecular weight is 427 g/mol. The molecule has 1 amide bonds. The Balaban J connectivity index is 2.78. The molecule has 3 N–H and O–H groups in total. The highest BCUT2D eigenvalue weighted by Gasteiger charge is 2.40. The van der Waals surface area contributed by atoms with Crippen LogP contribution in [0.1, 0.15) is 112 Å². The fourth-order valence-electron chi connectivity index (χ4n) is 4.85. The largest absolute Gasteiger partial charge is 0.379 e. The van der Waals surface area contributed by atoms with Crippen LogP contribution in [0.2, 0.25) is 0 Å². The molecule has 5 nitrogen and oxygen atoms in total. The van der Waals surface area contributed by atoms with Gasteiger partial charge in [-0.25, -0.2) is 0 Å². The number of carbonyl (C=O) groups is 1. The lowest BCUT2D eigenvalue weighted by Gasteiger charge is -2.44. The number of carbonyl (C=O) groups excluding carboxylic acids is 1. The van der Waals surface area contributed by atoms with Crippen molar-refractivity contribution in [3.63, 3.8) is 0 Å². The van der Waals surface area contributed by atoms with E-state index in [1.165, 1.54) is 32.1 Å². The van der Waals surface area contributed by atoms with Crippen LogP contribution >= 0.6 is 0 Å². The van der Waals surface area contributed by atoms with Crippen LogP contribution in [0.25, 0.3) is 0 Å². The Hall–Kier alpha value is -0.650. The van der Waals surface area contributed by atoms with E-state index < -0.39 is 5.60 Å². The summed E-state index contributed by atoms with van der Waals surface area (Å²) in [6.07, 6.45) is 11.4. The smallest absolute Gasteiger partial charge is 0.223 e. The van der Waals surface area contributed by atoms with E-state index in [2.05, 4.69) is 19.2 Å². The van der Waals surface area contributed by atoms with Crippen LogP contribution in [-0.2, 0) is 14.3 Å². The molecule has 2 unspecified atom stereocenters. The van der Waals surface area contributed by atoms with Gasteiger partial charge >= 0.3 is 0 Å². The van der Waals surface area contributed by atoms with Crippen LogP contribution in [0, 0.1) is 5.92 Å². The van der Waals surface area contributed by atoms with E-state index >= 15 is 0 Å². The van der Waals surface area contributed by atoms with E-state index in [1.807, 2.05) is 27.7 Å². The Morgan fingerprint density at radius 1 is 0.967 bits per heavy atom. The summed E-state index contributed by atoms with van der Waals surface area (Å²) >= 11 is 0. The molecule has 0 saturated heterocycles. The monoisotopic (exact) mass is 426 g/mol. The molecule has 2 atom stereocenters. The van der Waals surface area contributed by atoms with Crippen molar-refractivity contribution < 1.29 is 14.3 Å². The molecule has 0 aromatic heterocycles. The van der Waals surface area contributed by atoms with E-state index in [-0.39, 0.29) is 23.1 Å². The minimum Gasteiger partial charge on any atom is -0.379 e. The van der Waals surface area contributed by atoms with Crippen LogP contribution in [0.3, 0.4) is 0 Å². The third-order valence-corrected chi connectivity index (χ3v) is 7.27. The Morgan fingerprint density at radius 3 is 2.10 bits per heavy atom. The van der Waals surface area contributed by atoms with Crippen LogP contribution < -0.4 is 11.1 Å². The van der Waals surface area contributed by atoms with Gasteiger partial charge in [0, 0.05) is 18.7 Å². The number of hydrogen-bond donors (Lipinski definition) is 2. The van der Waals surface area contributed by atoms with Crippen molar-refractivity contribution in [2.75, 3.05) is 13.7 Å². The van der Waals surface area contributed by atoms with Gasteiger partial charge < -0.3 is 20.5 Å². The molecule has 30 heavy (non-hydrogen) atoms. The predicted octanol–water partition coefficient (Wildman–Crippen LogP) is 5.35. The van der Waals surface area contributed by atoms with Crippen molar-refractivity contribution in [2.24, 2.45) is 11.7 Å². The van der Waals surface area contributed by atoms with Gasteiger partial charge in [0.2, 0.25) is 5.91 Å². The molecule has 1 aliphatic carbocycles. The first-order valence-electron chi connectivity index (χ1n) is 12.3. The van der Waals surface area contributed by atoms with Crippen molar-refractivity contribution >= 4 is 5.91 Å². The number of nitrogens with one attached hydrogen (secondary N) is 1. The fourth-order valence-corrected chi connectivity index (χ4v) is 4.85. The molecule has 0 spiro atoms. The van der Waals surface area contributed by atoms with E-state index in [0.717, 1.165) is 32.1 Å². The number of ether oxygens (including phenoxy) is 2. The highest BCUT2D eigenvalue weighted by molar-refractivity contribution is 5.77. The normalized spacial score (nSPS) is 22.1. The highest BCUT2D eigenvalue weighted by atomic mass is 16.5. The summed E-state index contributed by atoms with van der Waals surface area (Å²) < 4.78 is 11.5. The fraction of sp³-hybridized carbons (Fsp3) is 0.960. The van der Waals surface area contributed by atoms with Crippen LogP contribution in [0.5, 0.6) is 0 Å². The van der Waals surface area contributed by atoms with E-state index in [1.54, 1.807) is 7.11 Å². The minimum absolute atomic E-state index is 0.0711. The molecule has 1 rings (SSSR count). The van der Waals surface area contributed by atoms with Gasteiger partial charge in [0.1, 0.15) is 0 Å². The second-order valence-corrected chi connectivity index (χ2v) is 10.5. The maximum Gasteiger partial charge on any atom is 0.223 e. The van der Waals surface area contributed by atoms with Crippen molar-refractivity contribution in [1.82, 2.24) is 5.32 Å². The zero-order valence-electron chi connectivity index (χ0n) is 20.9. The molecule has 0 aromatic carbocycles. The topological polar surface area (TPSA) is 73.6 Å². The Kier molecular flexibility index (Phi) is 11.3. The predicted molar refractivity (Wildman–Crippen MR) is 126 cm³/mol. The quantitative estimate of drug-likeness (QED) is 0.467. The molecule has 0 bridgehead atoms. The van der Waals surface area contributed by atoms with Gasteiger partial charge in [0.05, 0.1) is 24.2 Å². The SMILES string of the molecule is CCC(CC)(NC(=O)CC(C)(C)OCCC(C)(C)OC)C1CCCCCCCC1N. The highest BCUT2D eigenvalue weighted by Crippen LogP contribution is 2.35. The van der Waals surface area contributed by atoms with Gasteiger partial charge in [-0.1, -0.05) is 46.0 Å². The standard InChI is InChI=1S/C25H50N2O3/c1-8-25(9-2,20-15-13-11-10-12-14-16-21(20)26)27-22(28)19-24(5,6)30-18-17-23(3,4)29-7/h20-21H,8-19,26H2,1-7H3,(H,27,28). The van der Waals surface area contributed by atoms with Crippen LogP contribution in [0.4, 0.5) is 0 Å². The lowest BCUT2D eigenvalue weighted by molar-refractivity contribution is -0.131. The summed E-state index contributed by atoms with van der Waals surface area (Å²) in [6.45, 7) is 13.0. The maximum atomic E-state index is 13.1. The molecular weight excluding hydrogens is 376 g/mol. The van der Waals surface area contributed by atoms with Crippen molar-refractivity contribution in [3.8, 4) is 0 Å². The average Bonchev–Trinajstić information content (AvgIpc) is 2.77. The van der Waals surface area contributed by atoms with Crippen LogP contribution in [0.15, 0.2) is 0 Å². The number of rotatable bonds is 11. The molecule has 5 heteroatoms. The van der Waals surface area contributed by atoms with E-state index in [4.69, 9.17) is 15.2 Å². The zero-order chi connectivity index (χ0) is 22.8. The van der Waals surface area contributed by atoms with Gasteiger partial charge in [-0.05, 0) is 65.7 Å². The van der Waals surface area contributed by atoms with Gasteiger partial charge in [-0.15, -0.1) is 0 Å². The summed E-state index contributed by atoms with van der Waals surface area (Å²) in [5, 5.41) is 3.45. The van der Waals surface area contributed by atoms with Crippen molar-refractivity contribution in [3.05, 3.63) is 0 Å². The first-order valence-corrected chi connectivity index (χ1v) is 12.3. The Bertz CT molecular complexity index is 501. The summed E-state index contributed by atoms with van der Waals surface area (Å²) in [6, 6.07) is 0.156. The molecule has 0 radical (unpaired) electrons. The van der Waals surface area contributed by atoms with Gasteiger partial charge in [0.25, 0.3) is 0 Å². The lowest BCUT2D eigenvalue weighted by atomic mass is 9.72. The molecule has 1 fully saturated rings. The van der Waals surface area contributed by atoms with Crippen molar-refractivity contribution in [1.29, 1.82) is 0 Å². The molecule has 0 aromatic rings. The molecule has 1 saturated carbocycles. The number of amides is 1. The number of methoxy groups -OCH3 is 1. The van der Waals surface area contributed by atoms with Gasteiger partial charge in [-0.3, -0.25) is 4.79 Å². The molecule has 0 heterocycles. The van der Waals surface area contributed by atoms with E-state index in [0.29, 0.717) is 18.9 Å². The van der Waals surface area contributed by atoms with Gasteiger partial charge in [0.15, 0.2) is 0 Å². The second kappa shape index (κ2) is 12.4. The van der Waals surface area contributed by atoms with Crippen LogP contribution in [-0.4, -0.2) is 42.4 Å². The summed E-state index contributed by atoms with van der Waals surface area (Å²) in [4.78, 5) is 13.1. The minimum atomic E-state index is -0.512. The third-order valence-electron chi connectivity index (χ3n) is 7.27. The first kappa shape index (κ1) is 27.4. The third kappa shape index (κ3) is 8.84. The summed E-state index contributed by atoms with van der Waals surface area (Å²) in [5.74, 6) is 0.405. The second-order valence-electron chi connectivity index (χ2n) is 10.5. The summed E-state index contributed by atoms with van der Waals surface area (Å²) in [7, 11) is 1.72. The molecule has 0 aliphatic heterocycles. The first-order chi connectivity index (χ1) is 14.0. The Morgan fingerprint density at radius 2 is 1.53 bits per heavy atom. The maximum absolute atomic E-state index is 13.1. The summed E-state index contributed by atoms with van der Waals surface area (Å²) in [5.41, 5.74) is 5.73. The Labute approximate surface area is 186 Å². The van der Waals surface area contributed by atoms with Crippen molar-refractivity contribution in [2.45, 2.75) is 135 Å². The lowest BCUT2D eigenvalue weighted by Crippen LogP contribution is -2.58. The number of nitrogens with two attached hydrogens (primary N) is 1. The molecule has 178 valence electrons.